The Kier molecular flexibility index (Phi) is 3.20. The molecule has 0 bridgehead atoms. The van der Waals surface area contributed by atoms with Crippen LogP contribution in [0.15, 0.2) is 24.3 Å². The van der Waals surface area contributed by atoms with Crippen LogP contribution in [0.1, 0.15) is 32.2 Å². The smallest absolute Gasteiger partial charge is 0.141 e. The van der Waals surface area contributed by atoms with Gasteiger partial charge in [-0.3, -0.25) is 0 Å². The molecule has 0 spiro atoms. The van der Waals surface area contributed by atoms with E-state index in [9.17, 15) is 4.39 Å². The van der Waals surface area contributed by atoms with Crippen LogP contribution in [-0.2, 0) is 5.41 Å². The van der Waals surface area contributed by atoms with Crippen LogP contribution in [-0.4, -0.2) is 9.78 Å². The first-order chi connectivity index (χ1) is 8.29. The third-order valence-corrected chi connectivity index (χ3v) is 3.09. The van der Waals surface area contributed by atoms with Gasteiger partial charge in [0.25, 0.3) is 0 Å². The fourth-order valence-corrected chi connectivity index (χ4v) is 1.89. The minimum Gasteiger partial charge on any atom is -0.238 e. The van der Waals surface area contributed by atoms with Crippen LogP contribution < -0.4 is 0 Å². The van der Waals surface area contributed by atoms with Gasteiger partial charge >= 0.3 is 0 Å². The summed E-state index contributed by atoms with van der Waals surface area (Å²) in [5, 5.41) is 4.67. The highest BCUT2D eigenvalue weighted by Crippen LogP contribution is 2.24. The Morgan fingerprint density at radius 1 is 1.22 bits per heavy atom. The zero-order valence-corrected chi connectivity index (χ0v) is 11.7. The Balaban J connectivity index is 2.51. The summed E-state index contributed by atoms with van der Waals surface area (Å²) in [7, 11) is 0. The van der Waals surface area contributed by atoms with E-state index >= 15 is 0 Å². The fraction of sp³-hybridized carbons (Fsp3) is 0.357. The summed E-state index contributed by atoms with van der Waals surface area (Å²) in [5.74, 6) is -0.415. The second kappa shape index (κ2) is 4.39. The van der Waals surface area contributed by atoms with Crippen molar-refractivity contribution in [1.29, 1.82) is 0 Å². The highest BCUT2D eigenvalue weighted by atomic mass is 35.5. The highest BCUT2D eigenvalue weighted by molar-refractivity contribution is 6.30. The summed E-state index contributed by atoms with van der Waals surface area (Å²) < 4.78 is 14.9. The lowest BCUT2D eigenvalue weighted by molar-refractivity contribution is 0.560. The van der Waals surface area contributed by atoms with Gasteiger partial charge in [-0.2, -0.15) is 5.10 Å². The molecule has 0 aliphatic rings. The van der Waals surface area contributed by atoms with Crippen molar-refractivity contribution in [2.75, 3.05) is 0 Å². The number of hydrogen-bond donors (Lipinski definition) is 0. The second-order valence-corrected chi connectivity index (χ2v) is 5.84. The third-order valence-electron chi connectivity index (χ3n) is 2.80. The maximum Gasteiger partial charge on any atom is 0.141 e. The molecule has 0 N–H and O–H groups in total. The summed E-state index contributed by atoms with van der Waals surface area (Å²) in [5.41, 5.74) is 2.76. The fourth-order valence-electron chi connectivity index (χ4n) is 1.72. The molecule has 0 unspecified atom stereocenters. The van der Waals surface area contributed by atoms with Gasteiger partial charge in [0.1, 0.15) is 5.82 Å². The van der Waals surface area contributed by atoms with Crippen LogP contribution in [0.5, 0.6) is 0 Å². The van der Waals surface area contributed by atoms with E-state index in [4.69, 9.17) is 11.6 Å². The largest absolute Gasteiger partial charge is 0.238 e. The van der Waals surface area contributed by atoms with Crippen molar-refractivity contribution in [3.63, 3.8) is 0 Å². The summed E-state index contributed by atoms with van der Waals surface area (Å²) in [6.45, 7) is 8.30. The summed E-state index contributed by atoms with van der Waals surface area (Å²) >= 11 is 5.80. The van der Waals surface area contributed by atoms with Crippen molar-refractivity contribution in [3.05, 3.63) is 46.5 Å². The van der Waals surface area contributed by atoms with Crippen molar-refractivity contribution >= 4 is 11.6 Å². The first-order valence-electron chi connectivity index (χ1n) is 5.81. The lowest BCUT2D eigenvalue weighted by Gasteiger charge is -2.14. The molecule has 18 heavy (non-hydrogen) atoms. The van der Waals surface area contributed by atoms with E-state index in [2.05, 4.69) is 25.9 Å². The number of rotatable bonds is 1. The normalized spacial score (nSPS) is 11.9. The van der Waals surface area contributed by atoms with Crippen LogP contribution in [0, 0.1) is 12.7 Å². The average Bonchev–Trinajstić information content (AvgIpc) is 2.64. The van der Waals surface area contributed by atoms with E-state index in [0.717, 1.165) is 17.1 Å². The van der Waals surface area contributed by atoms with Crippen molar-refractivity contribution in [2.45, 2.75) is 33.1 Å². The predicted octanol–water partition coefficient (Wildman–Crippen LogP) is 4.27. The summed E-state index contributed by atoms with van der Waals surface area (Å²) in [6.07, 6.45) is 0. The van der Waals surface area contributed by atoms with Gasteiger partial charge in [0.05, 0.1) is 16.4 Å². The minimum absolute atomic E-state index is 0.0141. The maximum atomic E-state index is 13.1. The van der Waals surface area contributed by atoms with E-state index in [1.54, 1.807) is 16.8 Å². The minimum atomic E-state index is -0.415. The van der Waals surface area contributed by atoms with E-state index in [1.165, 1.54) is 6.07 Å². The van der Waals surface area contributed by atoms with Crippen LogP contribution in [0.4, 0.5) is 4.39 Å². The van der Waals surface area contributed by atoms with Gasteiger partial charge in [-0.25, -0.2) is 9.07 Å². The molecule has 1 heterocycles. The quantitative estimate of drug-likeness (QED) is 0.754. The number of halogens is 2. The summed E-state index contributed by atoms with van der Waals surface area (Å²) in [6, 6.07) is 6.66. The first kappa shape index (κ1) is 13.1. The molecule has 0 amide bonds. The lowest BCUT2D eigenvalue weighted by Crippen LogP contribution is -2.12. The standard InChI is InChI=1S/C14H16ClFN2/c1-9-7-13(14(2,3)4)17-18(9)10-5-6-12(16)11(15)8-10/h5-8H,1-4H3. The topological polar surface area (TPSA) is 17.8 Å². The average molecular weight is 267 g/mol. The van der Waals surface area contributed by atoms with E-state index in [0.29, 0.717) is 0 Å². The Hall–Kier alpha value is -1.35. The number of nitrogens with zero attached hydrogens (tertiary/aromatic N) is 2. The first-order valence-corrected chi connectivity index (χ1v) is 6.19. The van der Waals surface area contributed by atoms with Crippen molar-refractivity contribution in [3.8, 4) is 5.69 Å². The molecule has 2 rings (SSSR count). The number of aryl methyl sites for hydroxylation is 1. The van der Waals surface area contributed by atoms with Gasteiger partial charge in [0.2, 0.25) is 0 Å². The zero-order valence-electron chi connectivity index (χ0n) is 11.0. The van der Waals surface area contributed by atoms with Crippen LogP contribution in [0.2, 0.25) is 5.02 Å². The molecule has 0 radical (unpaired) electrons. The summed E-state index contributed by atoms with van der Waals surface area (Å²) in [4.78, 5) is 0. The number of aromatic nitrogens is 2. The molecule has 2 nitrogen and oxygen atoms in total. The van der Waals surface area contributed by atoms with Gasteiger partial charge in [-0.15, -0.1) is 0 Å². The number of benzene rings is 1. The molecule has 0 aliphatic heterocycles. The molecular formula is C14H16ClFN2. The lowest BCUT2D eigenvalue weighted by atomic mass is 9.92. The van der Waals surface area contributed by atoms with Gasteiger partial charge in [0, 0.05) is 11.1 Å². The molecular weight excluding hydrogens is 251 g/mol. The highest BCUT2D eigenvalue weighted by Gasteiger charge is 2.19. The molecule has 4 heteroatoms. The Morgan fingerprint density at radius 2 is 1.89 bits per heavy atom. The molecule has 1 aromatic carbocycles. The molecule has 0 saturated heterocycles. The van der Waals surface area contributed by atoms with Crippen molar-refractivity contribution < 1.29 is 4.39 Å². The SMILES string of the molecule is Cc1cc(C(C)(C)C)nn1-c1ccc(F)c(Cl)c1. The predicted molar refractivity (Wildman–Crippen MR) is 72.0 cm³/mol. The maximum absolute atomic E-state index is 13.1. The van der Waals surface area contributed by atoms with E-state index in [-0.39, 0.29) is 10.4 Å². The molecule has 2 aromatic rings. The van der Waals surface area contributed by atoms with Crippen molar-refractivity contribution in [1.82, 2.24) is 9.78 Å². The molecule has 0 aliphatic carbocycles. The van der Waals surface area contributed by atoms with Crippen LogP contribution >= 0.6 is 11.6 Å². The Morgan fingerprint density at radius 3 is 2.39 bits per heavy atom. The van der Waals surface area contributed by atoms with Crippen molar-refractivity contribution in [2.24, 2.45) is 0 Å². The molecule has 1 aromatic heterocycles. The zero-order chi connectivity index (χ0) is 13.5. The number of hydrogen-bond acceptors (Lipinski definition) is 1. The molecule has 0 saturated carbocycles. The van der Waals surface area contributed by atoms with Gasteiger partial charge in [-0.05, 0) is 31.2 Å². The Bertz CT molecular complexity index is 582. The van der Waals surface area contributed by atoms with Gasteiger partial charge in [-0.1, -0.05) is 32.4 Å². The molecule has 0 atom stereocenters. The van der Waals surface area contributed by atoms with Crippen LogP contribution in [0.3, 0.4) is 0 Å². The van der Waals surface area contributed by atoms with Gasteiger partial charge in [0.15, 0.2) is 0 Å². The third kappa shape index (κ3) is 2.41. The Labute approximate surface area is 111 Å². The molecule has 0 fully saturated rings. The molecule has 96 valence electrons. The van der Waals surface area contributed by atoms with Gasteiger partial charge < -0.3 is 0 Å². The van der Waals surface area contributed by atoms with E-state index < -0.39 is 5.82 Å². The van der Waals surface area contributed by atoms with Crippen LogP contribution in [0.25, 0.3) is 5.69 Å². The monoisotopic (exact) mass is 266 g/mol. The van der Waals surface area contributed by atoms with E-state index in [1.807, 2.05) is 13.0 Å². The second-order valence-electron chi connectivity index (χ2n) is 5.43.